The summed E-state index contributed by atoms with van der Waals surface area (Å²) in [5.41, 5.74) is 0.320. The minimum atomic E-state index is -1.04. The number of fused-ring (bicyclic) bond motifs is 1. The minimum Gasteiger partial charge on any atom is -0.379 e. The number of hydrogen-bond acceptors (Lipinski definition) is 2. The third kappa shape index (κ3) is 1.58. The molecule has 17 heavy (non-hydrogen) atoms. The molecule has 1 nitrogen and oxygen atoms in total. The van der Waals surface area contributed by atoms with E-state index in [1.807, 2.05) is 17.5 Å². The highest BCUT2D eigenvalue weighted by Crippen LogP contribution is 2.47. The van der Waals surface area contributed by atoms with Crippen molar-refractivity contribution >= 4 is 27.3 Å². The van der Waals surface area contributed by atoms with Crippen LogP contribution in [-0.4, -0.2) is 5.11 Å². The highest BCUT2D eigenvalue weighted by Gasteiger charge is 2.41. The molecule has 1 unspecified atom stereocenters. The first kappa shape index (κ1) is 11.4. The summed E-state index contributed by atoms with van der Waals surface area (Å²) in [7, 11) is 0. The molecule has 1 aliphatic rings. The number of halogens is 2. The Morgan fingerprint density at radius 1 is 1.35 bits per heavy atom. The Morgan fingerprint density at radius 3 is 2.88 bits per heavy atom. The van der Waals surface area contributed by atoms with E-state index in [0.29, 0.717) is 24.0 Å². The molecular formula is C13H10BrFOS. The molecule has 1 aromatic heterocycles. The molecule has 0 aliphatic heterocycles. The summed E-state index contributed by atoms with van der Waals surface area (Å²) in [6, 6.07) is 6.84. The van der Waals surface area contributed by atoms with Crippen molar-refractivity contribution < 1.29 is 9.50 Å². The fraction of sp³-hybridized carbons (Fsp3) is 0.231. The summed E-state index contributed by atoms with van der Waals surface area (Å²) < 4.78 is 14.5. The van der Waals surface area contributed by atoms with Crippen LogP contribution in [0.1, 0.15) is 22.4 Å². The van der Waals surface area contributed by atoms with E-state index in [-0.39, 0.29) is 5.82 Å². The van der Waals surface area contributed by atoms with Crippen molar-refractivity contribution in [2.75, 3.05) is 0 Å². The van der Waals surface area contributed by atoms with Gasteiger partial charge in [-0.2, -0.15) is 0 Å². The molecule has 0 saturated carbocycles. The van der Waals surface area contributed by atoms with Gasteiger partial charge in [-0.3, -0.25) is 0 Å². The van der Waals surface area contributed by atoms with Gasteiger partial charge in [0.2, 0.25) is 0 Å². The van der Waals surface area contributed by atoms with Crippen LogP contribution < -0.4 is 0 Å². The van der Waals surface area contributed by atoms with Crippen LogP contribution in [0.4, 0.5) is 4.39 Å². The molecule has 1 aliphatic carbocycles. The van der Waals surface area contributed by atoms with E-state index in [1.165, 1.54) is 17.4 Å². The van der Waals surface area contributed by atoms with E-state index in [2.05, 4.69) is 15.9 Å². The average Bonchev–Trinajstić information content (AvgIpc) is 2.86. The van der Waals surface area contributed by atoms with Crippen LogP contribution in [0, 0.1) is 5.82 Å². The van der Waals surface area contributed by atoms with E-state index in [1.54, 1.807) is 6.07 Å². The molecule has 1 atom stereocenters. The monoisotopic (exact) mass is 312 g/mol. The summed E-state index contributed by atoms with van der Waals surface area (Å²) in [5, 5.41) is 12.7. The molecule has 0 saturated heterocycles. The Bertz CT molecular complexity index is 581. The molecule has 4 heteroatoms. The van der Waals surface area contributed by atoms with E-state index in [4.69, 9.17) is 0 Å². The second-order valence-electron chi connectivity index (χ2n) is 4.22. The number of rotatable bonds is 1. The van der Waals surface area contributed by atoms with Gasteiger partial charge >= 0.3 is 0 Å². The zero-order valence-electron chi connectivity index (χ0n) is 8.91. The Hall–Kier alpha value is -0.710. The lowest BCUT2D eigenvalue weighted by atomic mass is 9.94. The highest BCUT2D eigenvalue weighted by atomic mass is 79.9. The summed E-state index contributed by atoms with van der Waals surface area (Å²) in [4.78, 5) is 0.863. The molecule has 1 heterocycles. The number of aliphatic hydroxyl groups is 1. The van der Waals surface area contributed by atoms with Crippen LogP contribution >= 0.6 is 27.3 Å². The van der Waals surface area contributed by atoms with E-state index in [9.17, 15) is 9.50 Å². The van der Waals surface area contributed by atoms with Crippen LogP contribution in [0.3, 0.4) is 0 Å². The number of hydrogen-bond donors (Lipinski definition) is 1. The smallest absolute Gasteiger partial charge is 0.126 e. The van der Waals surface area contributed by atoms with Crippen LogP contribution in [0.25, 0.3) is 0 Å². The molecule has 0 amide bonds. The molecule has 0 fully saturated rings. The Labute approximate surface area is 111 Å². The van der Waals surface area contributed by atoms with E-state index < -0.39 is 5.60 Å². The zero-order valence-corrected chi connectivity index (χ0v) is 11.3. The molecule has 0 radical (unpaired) electrons. The lowest BCUT2D eigenvalue weighted by molar-refractivity contribution is 0.0861. The fourth-order valence-electron chi connectivity index (χ4n) is 2.47. The van der Waals surface area contributed by atoms with E-state index >= 15 is 0 Å². The Morgan fingerprint density at radius 2 is 2.18 bits per heavy atom. The van der Waals surface area contributed by atoms with Crippen molar-refractivity contribution in [2.45, 2.75) is 18.4 Å². The summed E-state index contributed by atoms with van der Waals surface area (Å²) >= 11 is 4.93. The van der Waals surface area contributed by atoms with Crippen LogP contribution in [0.2, 0.25) is 0 Å². The van der Waals surface area contributed by atoms with Crippen molar-refractivity contribution in [1.29, 1.82) is 0 Å². The van der Waals surface area contributed by atoms with Crippen molar-refractivity contribution in [3.63, 3.8) is 0 Å². The molecular weight excluding hydrogens is 303 g/mol. The maximum absolute atomic E-state index is 13.7. The van der Waals surface area contributed by atoms with Crippen LogP contribution in [0.15, 0.2) is 34.1 Å². The summed E-state index contributed by atoms with van der Waals surface area (Å²) in [5.74, 6) is -0.217. The van der Waals surface area contributed by atoms with Gasteiger partial charge in [0.1, 0.15) is 11.4 Å². The molecule has 0 spiro atoms. The normalized spacial score (nSPS) is 22.8. The standard InChI is InChI=1S/C13H10BrFOS/c14-10-5-7-17-12(10)13(16)6-4-8-9(13)2-1-3-11(8)15/h1-3,5,7,16H,4,6H2. The summed E-state index contributed by atoms with van der Waals surface area (Å²) in [6.07, 6.45) is 1.13. The van der Waals surface area contributed by atoms with Crippen LogP contribution in [0.5, 0.6) is 0 Å². The fourth-order valence-corrected chi connectivity index (χ4v) is 4.31. The van der Waals surface area contributed by atoms with Gasteiger partial charge in [-0.05, 0) is 57.4 Å². The molecule has 1 aromatic carbocycles. The number of thiophene rings is 1. The van der Waals surface area contributed by atoms with Gasteiger partial charge in [-0.25, -0.2) is 4.39 Å². The lowest BCUT2D eigenvalue weighted by Crippen LogP contribution is -2.22. The van der Waals surface area contributed by atoms with Gasteiger partial charge in [0, 0.05) is 4.47 Å². The van der Waals surface area contributed by atoms with Gasteiger partial charge in [0.25, 0.3) is 0 Å². The molecule has 88 valence electrons. The third-order valence-electron chi connectivity index (χ3n) is 3.29. The second kappa shape index (κ2) is 3.90. The first-order valence-corrected chi connectivity index (χ1v) is 7.04. The predicted octanol–water partition coefficient (Wildman–Crippen LogP) is 3.83. The lowest BCUT2D eigenvalue weighted by Gasteiger charge is -2.23. The first-order chi connectivity index (χ1) is 8.13. The van der Waals surface area contributed by atoms with Crippen molar-refractivity contribution in [3.05, 3.63) is 55.9 Å². The molecule has 0 bridgehead atoms. The maximum atomic E-state index is 13.7. The summed E-state index contributed by atoms with van der Waals surface area (Å²) in [6.45, 7) is 0. The van der Waals surface area contributed by atoms with Crippen molar-refractivity contribution in [1.82, 2.24) is 0 Å². The van der Waals surface area contributed by atoms with Crippen LogP contribution in [-0.2, 0) is 12.0 Å². The largest absolute Gasteiger partial charge is 0.379 e. The van der Waals surface area contributed by atoms with Gasteiger partial charge in [0.05, 0.1) is 4.88 Å². The Balaban J connectivity index is 2.21. The highest BCUT2D eigenvalue weighted by molar-refractivity contribution is 9.10. The molecule has 2 aromatic rings. The maximum Gasteiger partial charge on any atom is 0.126 e. The van der Waals surface area contributed by atoms with Crippen molar-refractivity contribution in [2.24, 2.45) is 0 Å². The quantitative estimate of drug-likeness (QED) is 0.848. The number of benzene rings is 1. The average molecular weight is 313 g/mol. The molecule has 1 N–H and O–H groups in total. The minimum absolute atomic E-state index is 0.217. The second-order valence-corrected chi connectivity index (χ2v) is 5.99. The topological polar surface area (TPSA) is 20.2 Å². The molecule has 3 rings (SSSR count). The third-order valence-corrected chi connectivity index (χ3v) is 5.28. The van der Waals surface area contributed by atoms with Gasteiger partial charge in [0.15, 0.2) is 0 Å². The first-order valence-electron chi connectivity index (χ1n) is 5.36. The SMILES string of the molecule is OC1(c2sccc2Br)CCc2c(F)cccc21. The Kier molecular flexibility index (Phi) is 2.61. The zero-order chi connectivity index (χ0) is 12.0. The van der Waals surface area contributed by atoms with Gasteiger partial charge in [-0.1, -0.05) is 12.1 Å². The van der Waals surface area contributed by atoms with Gasteiger partial charge < -0.3 is 5.11 Å². The predicted molar refractivity (Wildman–Crippen MR) is 69.7 cm³/mol. The van der Waals surface area contributed by atoms with Gasteiger partial charge in [-0.15, -0.1) is 11.3 Å². The van der Waals surface area contributed by atoms with E-state index in [0.717, 1.165) is 9.35 Å². The van der Waals surface area contributed by atoms with Crippen molar-refractivity contribution in [3.8, 4) is 0 Å².